The third kappa shape index (κ3) is 4.26. The van der Waals surface area contributed by atoms with Crippen LogP contribution in [0.25, 0.3) is 0 Å². The summed E-state index contributed by atoms with van der Waals surface area (Å²) in [4.78, 5) is 26.4. The van der Waals surface area contributed by atoms with Crippen LogP contribution in [-0.4, -0.2) is 23.1 Å². The second kappa shape index (κ2) is 8.93. The first-order valence-corrected chi connectivity index (χ1v) is 10.00. The summed E-state index contributed by atoms with van der Waals surface area (Å²) in [5.41, 5.74) is 3.61. The van der Waals surface area contributed by atoms with Gasteiger partial charge in [0.25, 0.3) is 5.91 Å². The monoisotopic (exact) mass is 401 g/mol. The van der Waals surface area contributed by atoms with Crippen molar-refractivity contribution in [3.63, 3.8) is 0 Å². The Labute approximate surface area is 175 Å². The van der Waals surface area contributed by atoms with E-state index < -0.39 is 18.2 Å². The molecule has 2 atom stereocenters. The summed E-state index contributed by atoms with van der Waals surface area (Å²) >= 11 is 0. The molecule has 152 valence electrons. The van der Waals surface area contributed by atoms with Crippen LogP contribution in [-0.2, 0) is 20.9 Å². The molecule has 1 amide bonds. The Hall–Kier alpha value is -3.44. The summed E-state index contributed by atoms with van der Waals surface area (Å²) in [7, 11) is 0. The summed E-state index contributed by atoms with van der Waals surface area (Å²) in [5.74, 6) is -1.16. The maximum Gasteiger partial charge on any atom is 0.303 e. The van der Waals surface area contributed by atoms with Gasteiger partial charge in [-0.15, -0.1) is 0 Å². The summed E-state index contributed by atoms with van der Waals surface area (Å²) < 4.78 is 6.30. The molecule has 4 rings (SSSR count). The van der Waals surface area contributed by atoms with Crippen molar-refractivity contribution in [2.45, 2.75) is 31.6 Å². The van der Waals surface area contributed by atoms with Gasteiger partial charge in [0, 0.05) is 12.0 Å². The molecular weight excluding hydrogens is 378 g/mol. The molecule has 1 N–H and O–H groups in total. The molecule has 1 aliphatic heterocycles. The van der Waals surface area contributed by atoms with Crippen LogP contribution in [0.4, 0.5) is 5.69 Å². The molecule has 0 radical (unpaired) electrons. The van der Waals surface area contributed by atoms with E-state index in [9.17, 15) is 14.7 Å². The van der Waals surface area contributed by atoms with Gasteiger partial charge in [0.05, 0.1) is 12.2 Å². The van der Waals surface area contributed by atoms with Gasteiger partial charge in [0.15, 0.2) is 0 Å². The first kappa shape index (κ1) is 19.9. The number of aliphatic carboxylic acids is 1. The number of benzene rings is 3. The quantitative estimate of drug-likeness (QED) is 0.657. The fourth-order valence-electron chi connectivity index (χ4n) is 3.80. The molecule has 0 saturated heterocycles. The normalized spacial score (nSPS) is 18.5. The van der Waals surface area contributed by atoms with Crippen LogP contribution in [0.1, 0.15) is 35.6 Å². The molecule has 3 aromatic carbocycles. The number of para-hydroxylation sites is 1. The van der Waals surface area contributed by atoms with Crippen LogP contribution < -0.4 is 4.90 Å². The lowest BCUT2D eigenvalue weighted by Crippen LogP contribution is -2.39. The summed E-state index contributed by atoms with van der Waals surface area (Å²) in [6, 6.07) is 27.2. The lowest BCUT2D eigenvalue weighted by Gasteiger charge is -2.25. The number of nitrogens with zero attached hydrogens (tertiary/aromatic N) is 1. The summed E-state index contributed by atoms with van der Waals surface area (Å²) in [5, 5.41) is 9.18. The molecule has 5 nitrogen and oxygen atoms in total. The molecule has 0 bridgehead atoms. The van der Waals surface area contributed by atoms with E-state index in [2.05, 4.69) is 0 Å². The fraction of sp³-hybridized carbons (Fsp3) is 0.200. The van der Waals surface area contributed by atoms with Crippen LogP contribution >= 0.6 is 0 Å². The first-order valence-electron chi connectivity index (χ1n) is 10.00. The predicted molar refractivity (Wildman–Crippen MR) is 114 cm³/mol. The third-order valence-corrected chi connectivity index (χ3v) is 5.26. The number of ether oxygens (including phenoxy) is 1. The van der Waals surface area contributed by atoms with Crippen LogP contribution in [0.15, 0.2) is 84.9 Å². The fourth-order valence-corrected chi connectivity index (χ4v) is 3.80. The molecule has 0 saturated carbocycles. The second-order valence-corrected chi connectivity index (χ2v) is 7.32. The van der Waals surface area contributed by atoms with Gasteiger partial charge in [-0.1, -0.05) is 78.9 Å². The Bertz CT molecular complexity index is 1020. The van der Waals surface area contributed by atoms with Crippen molar-refractivity contribution < 1.29 is 19.4 Å². The van der Waals surface area contributed by atoms with E-state index in [-0.39, 0.29) is 18.7 Å². The average molecular weight is 401 g/mol. The maximum absolute atomic E-state index is 13.5. The average Bonchev–Trinajstić information content (AvgIpc) is 2.89. The highest BCUT2D eigenvalue weighted by Gasteiger charge is 2.36. The first-order chi connectivity index (χ1) is 14.6. The number of rotatable bonds is 6. The van der Waals surface area contributed by atoms with Gasteiger partial charge in [0.2, 0.25) is 0 Å². The molecule has 5 heteroatoms. The zero-order chi connectivity index (χ0) is 20.9. The molecule has 1 heterocycles. The van der Waals surface area contributed by atoms with E-state index in [4.69, 9.17) is 4.74 Å². The highest BCUT2D eigenvalue weighted by atomic mass is 16.5. The maximum atomic E-state index is 13.5. The van der Waals surface area contributed by atoms with Gasteiger partial charge in [-0.25, -0.2) is 0 Å². The van der Waals surface area contributed by atoms with E-state index in [0.29, 0.717) is 6.54 Å². The molecule has 1 aliphatic rings. The number of carbonyl (C=O) groups excluding carboxylic acids is 1. The highest BCUT2D eigenvalue weighted by molar-refractivity contribution is 5.98. The molecule has 0 unspecified atom stereocenters. The third-order valence-electron chi connectivity index (χ3n) is 5.26. The van der Waals surface area contributed by atoms with Crippen LogP contribution in [0.3, 0.4) is 0 Å². The minimum absolute atomic E-state index is 0.122. The van der Waals surface area contributed by atoms with Crippen molar-refractivity contribution in [2.75, 3.05) is 4.90 Å². The van der Waals surface area contributed by atoms with Crippen molar-refractivity contribution in [1.29, 1.82) is 0 Å². The minimum atomic E-state index is -0.945. The number of fused-ring (bicyclic) bond motifs is 1. The van der Waals surface area contributed by atoms with Gasteiger partial charge < -0.3 is 14.7 Å². The second-order valence-electron chi connectivity index (χ2n) is 7.32. The van der Waals surface area contributed by atoms with Crippen molar-refractivity contribution >= 4 is 17.6 Å². The SMILES string of the molecule is O=C(O)CC[C@H]1O[C@H](c2ccccc2)c2ccccc2N(Cc2ccccc2)C1=O. The van der Waals surface area contributed by atoms with Crippen molar-refractivity contribution in [1.82, 2.24) is 0 Å². The lowest BCUT2D eigenvalue weighted by atomic mass is 9.99. The van der Waals surface area contributed by atoms with Crippen molar-refractivity contribution in [3.8, 4) is 0 Å². The lowest BCUT2D eigenvalue weighted by molar-refractivity contribution is -0.139. The topological polar surface area (TPSA) is 66.8 Å². The number of carboxylic acids is 1. The van der Waals surface area contributed by atoms with E-state index >= 15 is 0 Å². The molecule has 0 fully saturated rings. The van der Waals surface area contributed by atoms with Gasteiger partial charge >= 0.3 is 5.97 Å². The Kier molecular flexibility index (Phi) is 5.91. The summed E-state index contributed by atoms with van der Waals surface area (Å²) in [6.45, 7) is 0.394. The molecule has 3 aromatic rings. The van der Waals surface area contributed by atoms with Gasteiger partial charge in [-0.2, -0.15) is 0 Å². The number of carboxylic acid groups (broad SMARTS) is 1. The van der Waals surface area contributed by atoms with E-state index in [1.165, 1.54) is 0 Å². The molecule has 0 spiro atoms. The summed E-state index contributed by atoms with van der Waals surface area (Å²) in [6.07, 6.45) is -1.31. The molecule has 0 aromatic heterocycles. The Morgan fingerprint density at radius 1 is 0.900 bits per heavy atom. The number of amides is 1. The standard InChI is InChI=1S/C25H23NO4/c27-23(28)16-15-22-25(29)26(17-18-9-3-1-4-10-18)21-14-8-7-13-20(21)24(30-22)19-11-5-2-6-12-19/h1-14,22,24H,15-17H2,(H,27,28)/t22-,24-/m1/s1. The van der Waals surface area contributed by atoms with Crippen LogP contribution in [0, 0.1) is 0 Å². The molecule has 30 heavy (non-hydrogen) atoms. The predicted octanol–water partition coefficient (Wildman–Crippen LogP) is 4.57. The highest BCUT2D eigenvalue weighted by Crippen LogP contribution is 2.39. The molecule has 0 aliphatic carbocycles. The van der Waals surface area contributed by atoms with E-state index in [0.717, 1.165) is 22.4 Å². The Morgan fingerprint density at radius 3 is 2.23 bits per heavy atom. The Morgan fingerprint density at radius 2 is 1.53 bits per heavy atom. The number of hydrogen-bond donors (Lipinski definition) is 1. The van der Waals surface area contributed by atoms with Crippen LogP contribution in [0.5, 0.6) is 0 Å². The van der Waals surface area contributed by atoms with Gasteiger partial charge in [-0.3, -0.25) is 9.59 Å². The zero-order valence-corrected chi connectivity index (χ0v) is 16.5. The zero-order valence-electron chi connectivity index (χ0n) is 16.5. The molecular formula is C25H23NO4. The Balaban J connectivity index is 1.79. The smallest absolute Gasteiger partial charge is 0.303 e. The number of carbonyl (C=O) groups is 2. The van der Waals surface area contributed by atoms with Gasteiger partial charge in [-0.05, 0) is 23.6 Å². The van der Waals surface area contributed by atoms with E-state index in [1.807, 2.05) is 84.9 Å². The minimum Gasteiger partial charge on any atom is -0.481 e. The number of hydrogen-bond acceptors (Lipinski definition) is 3. The number of anilines is 1. The van der Waals surface area contributed by atoms with Crippen molar-refractivity contribution in [2.24, 2.45) is 0 Å². The van der Waals surface area contributed by atoms with E-state index in [1.54, 1.807) is 4.90 Å². The van der Waals surface area contributed by atoms with Gasteiger partial charge in [0.1, 0.15) is 12.2 Å². The largest absolute Gasteiger partial charge is 0.481 e. The van der Waals surface area contributed by atoms with Crippen LogP contribution in [0.2, 0.25) is 0 Å². The van der Waals surface area contributed by atoms with Crippen molar-refractivity contribution in [3.05, 3.63) is 102 Å².